The molecule has 26 atom stereocenters. The fraction of sp³-hybridized carbons (Fsp3) is 0.882. The molecule has 0 spiro atoms. The highest BCUT2D eigenvalue weighted by molar-refractivity contribution is 5.87. The van der Waals surface area contributed by atoms with E-state index < -0.39 is 210 Å². The lowest BCUT2D eigenvalue weighted by molar-refractivity contribution is -0.300. The van der Waals surface area contributed by atoms with E-state index >= 15 is 0 Å². The molecular formula is C76H136N8O36. The number of ether oxygens (including phenoxy) is 9. The van der Waals surface area contributed by atoms with Crippen LogP contribution in [0, 0.1) is 5.92 Å². The molecule has 4 saturated heterocycles. The third-order valence-electron chi connectivity index (χ3n) is 20.8. The van der Waals surface area contributed by atoms with E-state index in [1.54, 1.807) is 6.92 Å². The number of carbonyl (C=O) groups is 9. The first-order valence-electron chi connectivity index (χ1n) is 41.5. The van der Waals surface area contributed by atoms with Gasteiger partial charge in [0.2, 0.25) is 35.4 Å². The van der Waals surface area contributed by atoms with E-state index in [4.69, 9.17) is 42.6 Å². The molecule has 1 aliphatic carbocycles. The largest absolute Gasteiger partial charge is 0.396 e. The smallest absolute Gasteiger partial charge is 0.237 e. The first kappa shape index (κ1) is 107. The SMILES string of the molecule is CCNC(=O)CCCCC(=O)NCCCC[C@@H](C(=O)NCCOC1C[C@H](CO)[C@@H](O)[C@H](O)[C@@H]1O)N(CC(=O)NCCOC1O[C@H](CO)[C@@H](O)[C@H](O)[C@@H]1O)CC(=O)NCCOC1O[C@H](CO)[C@@H](O)[C@H](O)[C@@H]1O.CCNC(=O)CCCCCCC(=O)CN(CC(=O)CCCO[C@@H]1O[C@@H](C)[C@@H](O)[C@@H](O)[C@@H]1O)CC(=O)CCCO[C@@H]1O[C@@H](C)[C@@H](O)[C@@H](O)[C@@H]1O. The number of unbranched alkanes of at least 4 members (excludes halogenated alkanes) is 5. The molecule has 0 radical (unpaired) electrons. The number of nitrogens with one attached hydrogen (secondary N) is 6. The molecule has 0 aromatic carbocycles. The van der Waals surface area contributed by atoms with E-state index in [-0.39, 0.29) is 178 Å². The molecule has 5 rings (SSSR count). The predicted octanol–water partition coefficient (Wildman–Crippen LogP) is -10.2. The third-order valence-corrected chi connectivity index (χ3v) is 20.8. The number of hydrogen-bond acceptors (Lipinski definition) is 38. The quantitative estimate of drug-likeness (QED) is 0.0251. The second-order valence-corrected chi connectivity index (χ2v) is 30.6. The molecule has 4 aliphatic heterocycles. The van der Waals surface area contributed by atoms with Crippen molar-refractivity contribution in [3.05, 3.63) is 0 Å². The zero-order chi connectivity index (χ0) is 89.1. The maximum Gasteiger partial charge on any atom is 0.237 e. The average molecular weight is 1740 g/mol. The van der Waals surface area contributed by atoms with Gasteiger partial charge in [-0.05, 0) is 91.9 Å². The van der Waals surface area contributed by atoms with Crippen molar-refractivity contribution in [3.8, 4) is 0 Å². The van der Waals surface area contributed by atoms with Gasteiger partial charge in [-0.1, -0.05) is 12.8 Å². The highest BCUT2D eigenvalue weighted by Gasteiger charge is 2.48. The molecule has 0 aromatic rings. The van der Waals surface area contributed by atoms with Crippen LogP contribution in [0.15, 0.2) is 0 Å². The number of carbonyl (C=O) groups excluding carboxylic acids is 9. The normalized spacial score (nSPS) is 30.9. The van der Waals surface area contributed by atoms with E-state index in [2.05, 4.69) is 31.9 Å². The highest BCUT2D eigenvalue weighted by Crippen LogP contribution is 2.29. The van der Waals surface area contributed by atoms with Crippen molar-refractivity contribution in [2.24, 2.45) is 5.92 Å². The lowest BCUT2D eigenvalue weighted by Gasteiger charge is -2.39. The summed E-state index contributed by atoms with van der Waals surface area (Å²) in [5.41, 5.74) is 0. The Kier molecular flexibility index (Phi) is 51.8. The summed E-state index contributed by atoms with van der Waals surface area (Å²) in [6, 6.07) is -1.21. The summed E-state index contributed by atoms with van der Waals surface area (Å²) in [5, 5.41) is 196. The zero-order valence-corrected chi connectivity index (χ0v) is 69.0. The van der Waals surface area contributed by atoms with Gasteiger partial charge in [-0.3, -0.25) is 53.0 Å². The molecule has 120 heavy (non-hydrogen) atoms. The molecule has 44 nitrogen and oxygen atoms in total. The molecule has 696 valence electrons. The van der Waals surface area contributed by atoms with Crippen molar-refractivity contribution in [3.63, 3.8) is 0 Å². The van der Waals surface area contributed by atoms with Gasteiger partial charge in [-0.2, -0.15) is 0 Å². The Hall–Kier alpha value is -5.33. The Labute approximate surface area is 697 Å². The van der Waals surface area contributed by atoms with Crippen LogP contribution in [-0.2, 0) is 85.8 Å². The minimum absolute atomic E-state index is 0.00175. The van der Waals surface area contributed by atoms with Crippen LogP contribution in [0.2, 0.25) is 0 Å². The molecular weight excluding hydrogens is 1600 g/mol. The van der Waals surface area contributed by atoms with Gasteiger partial charge in [0, 0.05) is 90.3 Å². The molecule has 44 heteroatoms. The molecule has 6 amide bonds. The fourth-order valence-electron chi connectivity index (χ4n) is 13.8. The van der Waals surface area contributed by atoms with Crippen LogP contribution in [0.25, 0.3) is 0 Å². The maximum absolute atomic E-state index is 14.0. The number of aliphatic hydroxyl groups excluding tert-OH is 18. The molecule has 1 saturated carbocycles. The molecule has 0 bridgehead atoms. The summed E-state index contributed by atoms with van der Waals surface area (Å²) in [6.45, 7) is 3.21. The second-order valence-electron chi connectivity index (χ2n) is 30.6. The maximum atomic E-state index is 14.0. The van der Waals surface area contributed by atoms with Gasteiger partial charge in [0.15, 0.2) is 25.2 Å². The lowest BCUT2D eigenvalue weighted by Crippen LogP contribution is -2.59. The molecule has 24 N–H and O–H groups in total. The number of nitrogens with zero attached hydrogens (tertiary/aromatic N) is 2. The summed E-state index contributed by atoms with van der Waals surface area (Å²) < 4.78 is 49.0. The number of Topliss-reactive ketones (excluding diaryl/α,β-unsaturated/α-hetero) is 3. The minimum atomic E-state index is -1.71. The first-order chi connectivity index (χ1) is 57.1. The molecule has 3 unspecified atom stereocenters. The van der Waals surface area contributed by atoms with Gasteiger partial charge in [0.25, 0.3) is 0 Å². The molecule has 5 aliphatic rings. The summed E-state index contributed by atoms with van der Waals surface area (Å²) in [5.74, 6) is -3.82. The van der Waals surface area contributed by atoms with Crippen LogP contribution >= 0.6 is 0 Å². The van der Waals surface area contributed by atoms with Crippen LogP contribution in [0.5, 0.6) is 0 Å². The molecule has 0 aromatic heterocycles. The Morgan fingerprint density at radius 3 is 1.12 bits per heavy atom. The minimum Gasteiger partial charge on any atom is -0.396 e. The summed E-state index contributed by atoms with van der Waals surface area (Å²) in [7, 11) is 0. The highest BCUT2D eigenvalue weighted by atomic mass is 16.7. The van der Waals surface area contributed by atoms with Gasteiger partial charge >= 0.3 is 0 Å². The van der Waals surface area contributed by atoms with Gasteiger partial charge in [0.05, 0.1) is 109 Å². The van der Waals surface area contributed by atoms with E-state index in [0.29, 0.717) is 45.2 Å². The van der Waals surface area contributed by atoms with E-state index in [9.17, 15) is 135 Å². The molecule has 4 heterocycles. The van der Waals surface area contributed by atoms with Gasteiger partial charge in [-0.25, -0.2) is 0 Å². The topological polar surface area (TPSA) is 680 Å². The first-order valence-corrected chi connectivity index (χ1v) is 41.5. The monoisotopic (exact) mass is 1740 g/mol. The van der Waals surface area contributed by atoms with E-state index in [0.717, 1.165) is 19.3 Å². The standard InChI is InChI=1S/C43H78N6O22.C33H58N2O14/c1-2-44-28(53)8-3-4-9-29(54)45-10-6-5-7-24(41(66)48-13-14-67-25-17-23(20-50)32(57)36(61)33(25)58)49(18-30(55)46-11-15-68-42-39(64)37(62)34(59)26(21-51)70-42)19-31(56)47-12-16-69-43-40(65)38(63)35(60)27(22-52)71-43;1-4-34-25(39)14-8-6-5-7-11-22(36)17-35(18-23(37)12-9-15-46-32-30(44)28(42)26(40)20(2)48-32)19-24(38)13-10-16-47-33-31(45)29(43)27(41)21(3)49-33/h23-27,32-40,42-43,50-52,57-65H,2-22H2,1H3,(H,44,53)(H,45,54)(H,46,55)(H,47,56)(H,48,66);20-21,26-33,40-45H,4-19H2,1-3H3,(H,34,39)/t23-,24+,25?,26-,27-,32-,33-,34-,35-,36+,37+,38+,39+,40+,42?,43?;20-,21-,26+,27+,28+,29+,30-,31-,32+,33+/m10/s1. The fourth-order valence-corrected chi connectivity index (χ4v) is 13.8. The summed E-state index contributed by atoms with van der Waals surface area (Å²) in [6.07, 6.45) is -26.8. The van der Waals surface area contributed by atoms with E-state index in [1.807, 2.05) is 6.92 Å². The Bertz CT molecular complexity index is 2860. The van der Waals surface area contributed by atoms with Crippen LogP contribution in [0.1, 0.15) is 143 Å². The summed E-state index contributed by atoms with van der Waals surface area (Å²) in [4.78, 5) is 118. The van der Waals surface area contributed by atoms with Crippen molar-refractivity contribution in [2.45, 2.75) is 297 Å². The second kappa shape index (κ2) is 58.0. The van der Waals surface area contributed by atoms with Crippen molar-refractivity contribution in [1.29, 1.82) is 0 Å². The summed E-state index contributed by atoms with van der Waals surface area (Å²) >= 11 is 0. The molecule has 5 fully saturated rings. The van der Waals surface area contributed by atoms with Crippen molar-refractivity contribution >= 4 is 52.8 Å². The predicted molar refractivity (Wildman–Crippen MR) is 414 cm³/mol. The van der Waals surface area contributed by atoms with E-state index in [1.165, 1.54) is 23.6 Å². The number of hydrogen-bond donors (Lipinski definition) is 24. The zero-order valence-electron chi connectivity index (χ0n) is 69.0. The number of aliphatic hydroxyl groups is 18. The number of rotatable bonds is 56. The number of amides is 6. The Balaban J connectivity index is 0.000000540. The van der Waals surface area contributed by atoms with Crippen LogP contribution < -0.4 is 31.9 Å². The van der Waals surface area contributed by atoms with Crippen molar-refractivity contribution < 1.29 is 178 Å². The van der Waals surface area contributed by atoms with Crippen LogP contribution in [0.3, 0.4) is 0 Å². The lowest BCUT2D eigenvalue weighted by atomic mass is 9.81. The Morgan fingerprint density at radius 1 is 0.342 bits per heavy atom. The Morgan fingerprint density at radius 2 is 0.700 bits per heavy atom. The van der Waals surface area contributed by atoms with Crippen molar-refractivity contribution in [1.82, 2.24) is 41.7 Å². The average Bonchev–Trinajstić information content (AvgIpc) is 0.835. The van der Waals surface area contributed by atoms with Crippen molar-refractivity contribution in [2.75, 3.05) is 125 Å². The number of ketones is 3. The van der Waals surface area contributed by atoms with Gasteiger partial charge < -0.3 is 166 Å². The van der Waals surface area contributed by atoms with Crippen LogP contribution in [-0.4, -0.2) is 433 Å². The van der Waals surface area contributed by atoms with Crippen LogP contribution in [0.4, 0.5) is 0 Å². The third kappa shape index (κ3) is 37.5. The van der Waals surface area contributed by atoms with Gasteiger partial charge in [0.1, 0.15) is 115 Å². The van der Waals surface area contributed by atoms with Gasteiger partial charge in [-0.15, -0.1) is 0 Å².